The number of methoxy groups -OCH3 is 1. The summed E-state index contributed by atoms with van der Waals surface area (Å²) >= 11 is 6.08. The lowest BCUT2D eigenvalue weighted by atomic mass is 9.90. The van der Waals surface area contributed by atoms with Crippen LogP contribution in [0.25, 0.3) is 0 Å². The standard InChI is InChI=1S/C26H26ClFN2O2/c1-32-24-11-7-20(8-12-24)26(31)25(19-5-9-21(27)10-6-19)18-29-13-15-30(16-14-29)23-4-2-3-22(28)17-23/h2-12,17,25H,13-16,18H2,1H3. The number of carbonyl (C=O) groups excluding carboxylic acids is 1. The Balaban J connectivity index is 1.49. The SMILES string of the molecule is COc1ccc(C(=O)C(CN2CCN(c3cccc(F)c3)CC2)c2ccc(Cl)cc2)cc1. The second-order valence-corrected chi connectivity index (χ2v) is 8.40. The molecule has 0 bridgehead atoms. The number of benzene rings is 3. The van der Waals surface area contributed by atoms with Gasteiger partial charge in [-0.25, -0.2) is 4.39 Å². The first kappa shape index (κ1) is 22.3. The molecule has 1 unspecified atom stereocenters. The van der Waals surface area contributed by atoms with Crippen molar-refractivity contribution in [3.05, 3.63) is 94.8 Å². The lowest BCUT2D eigenvalue weighted by Gasteiger charge is -2.37. The zero-order valence-electron chi connectivity index (χ0n) is 18.0. The van der Waals surface area contributed by atoms with Gasteiger partial charge in [-0.3, -0.25) is 9.69 Å². The van der Waals surface area contributed by atoms with Crippen molar-refractivity contribution >= 4 is 23.1 Å². The molecule has 1 heterocycles. The Hall–Kier alpha value is -2.89. The average molecular weight is 453 g/mol. The van der Waals surface area contributed by atoms with Crippen LogP contribution >= 0.6 is 11.6 Å². The lowest BCUT2D eigenvalue weighted by molar-refractivity contribution is 0.0931. The summed E-state index contributed by atoms with van der Waals surface area (Å²) in [5.41, 5.74) is 2.50. The van der Waals surface area contributed by atoms with Gasteiger partial charge < -0.3 is 9.64 Å². The molecule has 1 atom stereocenters. The summed E-state index contributed by atoms with van der Waals surface area (Å²) in [6.45, 7) is 3.79. The fraction of sp³-hybridized carbons (Fsp3) is 0.269. The zero-order valence-corrected chi connectivity index (χ0v) is 18.8. The summed E-state index contributed by atoms with van der Waals surface area (Å²) in [5.74, 6) is 0.264. The van der Waals surface area contributed by atoms with Crippen LogP contribution in [0.15, 0.2) is 72.8 Å². The Bertz CT molecular complexity index is 1050. The van der Waals surface area contributed by atoms with Gasteiger partial charge in [0.25, 0.3) is 0 Å². The highest BCUT2D eigenvalue weighted by Crippen LogP contribution is 2.26. The average Bonchev–Trinajstić information content (AvgIpc) is 2.83. The molecule has 0 saturated carbocycles. The van der Waals surface area contributed by atoms with Crippen molar-refractivity contribution in [2.75, 3.05) is 44.7 Å². The molecule has 32 heavy (non-hydrogen) atoms. The summed E-state index contributed by atoms with van der Waals surface area (Å²) in [5, 5.41) is 0.646. The normalized spacial score (nSPS) is 15.4. The van der Waals surface area contributed by atoms with Crippen LogP contribution in [0.3, 0.4) is 0 Å². The van der Waals surface area contributed by atoms with Gasteiger partial charge in [-0.1, -0.05) is 29.8 Å². The molecule has 3 aromatic rings. The number of ketones is 1. The maximum Gasteiger partial charge on any atom is 0.171 e. The van der Waals surface area contributed by atoms with Crippen molar-refractivity contribution in [3.8, 4) is 5.75 Å². The van der Waals surface area contributed by atoms with E-state index in [4.69, 9.17) is 16.3 Å². The first-order valence-electron chi connectivity index (χ1n) is 10.7. The van der Waals surface area contributed by atoms with Crippen LogP contribution < -0.4 is 9.64 Å². The van der Waals surface area contributed by atoms with E-state index in [-0.39, 0.29) is 17.5 Å². The van der Waals surface area contributed by atoms with E-state index in [1.54, 1.807) is 19.2 Å². The molecule has 1 saturated heterocycles. The minimum Gasteiger partial charge on any atom is -0.497 e. The van der Waals surface area contributed by atoms with Crippen molar-refractivity contribution in [1.29, 1.82) is 0 Å². The molecule has 6 heteroatoms. The fourth-order valence-electron chi connectivity index (χ4n) is 4.11. The van der Waals surface area contributed by atoms with Gasteiger partial charge in [0.15, 0.2) is 5.78 Å². The molecule has 0 aliphatic carbocycles. The third-order valence-corrected chi connectivity index (χ3v) is 6.20. The molecular weight excluding hydrogens is 427 g/mol. The lowest BCUT2D eigenvalue weighted by Crippen LogP contribution is -2.48. The third-order valence-electron chi connectivity index (χ3n) is 5.95. The van der Waals surface area contributed by atoms with Gasteiger partial charge in [0.2, 0.25) is 0 Å². The number of nitrogens with zero attached hydrogens (tertiary/aromatic N) is 2. The maximum absolute atomic E-state index is 13.6. The Morgan fingerprint density at radius 1 is 1.00 bits per heavy atom. The molecule has 0 aromatic heterocycles. The van der Waals surface area contributed by atoms with Crippen LogP contribution in [0.2, 0.25) is 5.02 Å². The van der Waals surface area contributed by atoms with Crippen molar-refractivity contribution in [2.24, 2.45) is 0 Å². The molecule has 0 N–H and O–H groups in total. The van der Waals surface area contributed by atoms with E-state index in [1.807, 2.05) is 54.6 Å². The number of ether oxygens (including phenoxy) is 1. The number of hydrogen-bond donors (Lipinski definition) is 0. The van der Waals surface area contributed by atoms with Gasteiger partial charge in [0, 0.05) is 49.0 Å². The summed E-state index contributed by atoms with van der Waals surface area (Å²) < 4.78 is 18.8. The largest absolute Gasteiger partial charge is 0.497 e. The van der Waals surface area contributed by atoms with Crippen LogP contribution in [0.4, 0.5) is 10.1 Å². The van der Waals surface area contributed by atoms with Crippen molar-refractivity contribution in [2.45, 2.75) is 5.92 Å². The van der Waals surface area contributed by atoms with E-state index < -0.39 is 0 Å². The molecule has 1 fully saturated rings. The molecule has 1 aliphatic heterocycles. The van der Waals surface area contributed by atoms with Crippen LogP contribution in [0.5, 0.6) is 5.75 Å². The Labute approximate surface area is 193 Å². The van der Waals surface area contributed by atoms with E-state index in [0.29, 0.717) is 17.1 Å². The van der Waals surface area contributed by atoms with Crippen LogP contribution in [-0.2, 0) is 0 Å². The number of rotatable bonds is 7. The number of anilines is 1. The first-order valence-corrected chi connectivity index (χ1v) is 11.1. The molecular formula is C26H26ClFN2O2. The smallest absolute Gasteiger partial charge is 0.171 e. The molecule has 1 aliphatic rings. The predicted octanol–water partition coefficient (Wildman–Crippen LogP) is 5.28. The maximum atomic E-state index is 13.6. The summed E-state index contributed by atoms with van der Waals surface area (Å²) in [6, 6.07) is 21.4. The van der Waals surface area contributed by atoms with E-state index in [9.17, 15) is 9.18 Å². The van der Waals surface area contributed by atoms with E-state index >= 15 is 0 Å². The minimum atomic E-state index is -0.304. The second-order valence-electron chi connectivity index (χ2n) is 7.96. The van der Waals surface area contributed by atoms with Crippen molar-refractivity contribution in [1.82, 2.24) is 4.90 Å². The van der Waals surface area contributed by atoms with Crippen LogP contribution in [-0.4, -0.2) is 50.5 Å². The molecule has 0 amide bonds. The number of halogens is 2. The number of piperazine rings is 1. The molecule has 3 aromatic carbocycles. The van der Waals surface area contributed by atoms with Gasteiger partial charge in [-0.2, -0.15) is 0 Å². The number of Topliss-reactive ketones (excluding diaryl/α,β-unsaturated/α-hetero) is 1. The van der Waals surface area contributed by atoms with Crippen LogP contribution in [0, 0.1) is 5.82 Å². The molecule has 0 spiro atoms. The Kier molecular flexibility index (Phi) is 7.08. The predicted molar refractivity (Wildman–Crippen MR) is 127 cm³/mol. The zero-order chi connectivity index (χ0) is 22.5. The van der Waals surface area contributed by atoms with Crippen LogP contribution in [0.1, 0.15) is 21.8 Å². The van der Waals surface area contributed by atoms with Gasteiger partial charge in [0.1, 0.15) is 11.6 Å². The van der Waals surface area contributed by atoms with Gasteiger partial charge >= 0.3 is 0 Å². The van der Waals surface area contributed by atoms with Gasteiger partial charge in [0.05, 0.1) is 13.0 Å². The Morgan fingerprint density at radius 3 is 2.31 bits per heavy atom. The summed E-state index contributed by atoms with van der Waals surface area (Å²) in [4.78, 5) is 18.0. The van der Waals surface area contributed by atoms with Gasteiger partial charge in [-0.05, 0) is 60.2 Å². The topological polar surface area (TPSA) is 32.8 Å². The highest BCUT2D eigenvalue weighted by atomic mass is 35.5. The van der Waals surface area contributed by atoms with E-state index in [0.717, 1.165) is 43.2 Å². The highest BCUT2D eigenvalue weighted by molar-refractivity contribution is 6.30. The molecule has 4 rings (SSSR count). The minimum absolute atomic E-state index is 0.0718. The van der Waals surface area contributed by atoms with Crippen molar-refractivity contribution in [3.63, 3.8) is 0 Å². The summed E-state index contributed by atoms with van der Waals surface area (Å²) in [6.07, 6.45) is 0. The number of carbonyl (C=O) groups is 1. The van der Waals surface area contributed by atoms with Gasteiger partial charge in [-0.15, -0.1) is 0 Å². The number of hydrogen-bond acceptors (Lipinski definition) is 4. The first-order chi connectivity index (χ1) is 15.5. The monoisotopic (exact) mass is 452 g/mol. The van der Waals surface area contributed by atoms with E-state index in [2.05, 4.69) is 9.80 Å². The summed E-state index contributed by atoms with van der Waals surface area (Å²) in [7, 11) is 1.61. The van der Waals surface area contributed by atoms with Crippen molar-refractivity contribution < 1.29 is 13.9 Å². The molecule has 0 radical (unpaired) electrons. The molecule has 4 nitrogen and oxygen atoms in total. The third kappa shape index (κ3) is 5.29. The molecule has 166 valence electrons. The fourth-order valence-corrected chi connectivity index (χ4v) is 4.24. The second kappa shape index (κ2) is 10.2. The highest BCUT2D eigenvalue weighted by Gasteiger charge is 2.27. The quantitative estimate of drug-likeness (QED) is 0.457. The Morgan fingerprint density at radius 2 is 1.69 bits per heavy atom. The van der Waals surface area contributed by atoms with E-state index in [1.165, 1.54) is 6.07 Å².